The number of ether oxygens (including phenoxy) is 1. The molecular formula is C18H17Cl2NO5S. The molecule has 27 heavy (non-hydrogen) atoms. The number of benzene rings is 2. The summed E-state index contributed by atoms with van der Waals surface area (Å²) in [6.45, 7) is 5.04. The standard InChI is InChI=1S/C18H17Cl2NO5S/c1-3-9-26-14-6-4-5-13(10-14)21(12(2)18(22)23)27(24,25)15-7-8-16(19)17(20)11-15/h3-8,10-12H,1,9H2,2H3,(H,22,23). The van der Waals surface area contributed by atoms with Gasteiger partial charge in [-0.05, 0) is 37.3 Å². The van der Waals surface area contributed by atoms with Gasteiger partial charge in [0.15, 0.2) is 0 Å². The van der Waals surface area contributed by atoms with Crippen LogP contribution in [0.3, 0.4) is 0 Å². The molecule has 0 aliphatic heterocycles. The summed E-state index contributed by atoms with van der Waals surface area (Å²) < 4.78 is 32.6. The van der Waals surface area contributed by atoms with Crippen molar-refractivity contribution in [2.24, 2.45) is 0 Å². The molecule has 0 fully saturated rings. The van der Waals surface area contributed by atoms with Crippen molar-refractivity contribution in [1.29, 1.82) is 0 Å². The number of hydrogen-bond acceptors (Lipinski definition) is 4. The molecule has 0 saturated carbocycles. The highest BCUT2D eigenvalue weighted by atomic mass is 35.5. The summed E-state index contributed by atoms with van der Waals surface area (Å²) in [5, 5.41) is 9.67. The van der Waals surface area contributed by atoms with Crippen molar-refractivity contribution < 1.29 is 23.1 Å². The van der Waals surface area contributed by atoms with Crippen molar-refractivity contribution in [3.05, 3.63) is 65.2 Å². The molecule has 144 valence electrons. The van der Waals surface area contributed by atoms with Crippen LogP contribution < -0.4 is 9.04 Å². The molecule has 0 radical (unpaired) electrons. The van der Waals surface area contributed by atoms with Crippen molar-refractivity contribution in [3.63, 3.8) is 0 Å². The summed E-state index contributed by atoms with van der Waals surface area (Å²) in [4.78, 5) is 11.4. The number of aliphatic carboxylic acids is 1. The van der Waals surface area contributed by atoms with E-state index in [1.54, 1.807) is 12.1 Å². The molecule has 0 spiro atoms. The lowest BCUT2D eigenvalue weighted by Crippen LogP contribution is -2.43. The van der Waals surface area contributed by atoms with Gasteiger partial charge in [0.25, 0.3) is 10.0 Å². The van der Waals surface area contributed by atoms with Crippen molar-refractivity contribution in [1.82, 2.24) is 0 Å². The zero-order valence-electron chi connectivity index (χ0n) is 14.3. The van der Waals surface area contributed by atoms with Crippen LogP contribution in [0.2, 0.25) is 10.0 Å². The van der Waals surface area contributed by atoms with Gasteiger partial charge in [0, 0.05) is 6.07 Å². The number of halogens is 2. The maximum Gasteiger partial charge on any atom is 0.327 e. The Kier molecular flexibility index (Phi) is 6.75. The SMILES string of the molecule is C=CCOc1cccc(N(C(C)C(=O)O)S(=O)(=O)c2ccc(Cl)c(Cl)c2)c1. The fourth-order valence-corrected chi connectivity index (χ4v) is 4.28. The first-order chi connectivity index (χ1) is 12.7. The lowest BCUT2D eigenvalue weighted by molar-refractivity contribution is -0.137. The number of carboxylic acid groups (broad SMARTS) is 1. The van der Waals surface area contributed by atoms with Crippen LogP contribution in [0.25, 0.3) is 0 Å². The Hall–Kier alpha value is -2.22. The van der Waals surface area contributed by atoms with Crippen LogP contribution in [0.5, 0.6) is 5.75 Å². The van der Waals surface area contributed by atoms with Crippen LogP contribution in [0.1, 0.15) is 6.92 Å². The van der Waals surface area contributed by atoms with Gasteiger partial charge in [0.05, 0.1) is 20.6 Å². The average molecular weight is 430 g/mol. The molecule has 0 aliphatic carbocycles. The lowest BCUT2D eigenvalue weighted by atomic mass is 10.2. The topological polar surface area (TPSA) is 83.9 Å². The third kappa shape index (κ3) is 4.74. The highest BCUT2D eigenvalue weighted by Gasteiger charge is 2.34. The summed E-state index contributed by atoms with van der Waals surface area (Å²) in [7, 11) is -4.24. The average Bonchev–Trinajstić information content (AvgIpc) is 2.62. The molecule has 0 amide bonds. The number of nitrogens with zero attached hydrogens (tertiary/aromatic N) is 1. The van der Waals surface area contributed by atoms with Crippen LogP contribution >= 0.6 is 23.2 Å². The molecule has 9 heteroatoms. The van der Waals surface area contributed by atoms with E-state index in [2.05, 4.69) is 6.58 Å². The second kappa shape index (κ2) is 8.65. The van der Waals surface area contributed by atoms with Gasteiger partial charge in [0.1, 0.15) is 18.4 Å². The highest BCUT2D eigenvalue weighted by Crippen LogP contribution is 2.32. The molecule has 6 nitrogen and oxygen atoms in total. The van der Waals surface area contributed by atoms with Crippen LogP contribution in [-0.2, 0) is 14.8 Å². The molecule has 1 atom stereocenters. The van der Waals surface area contributed by atoms with Crippen LogP contribution in [0, 0.1) is 0 Å². The van der Waals surface area contributed by atoms with Crippen molar-refractivity contribution >= 4 is 44.9 Å². The van der Waals surface area contributed by atoms with Crippen LogP contribution in [0.15, 0.2) is 60.0 Å². The Morgan fingerprint density at radius 1 is 1.26 bits per heavy atom. The molecule has 1 unspecified atom stereocenters. The van der Waals surface area contributed by atoms with E-state index in [1.807, 2.05) is 0 Å². The molecule has 0 heterocycles. The smallest absolute Gasteiger partial charge is 0.327 e. The summed E-state index contributed by atoms with van der Waals surface area (Å²) in [5.41, 5.74) is 0.137. The molecule has 2 rings (SSSR count). The van der Waals surface area contributed by atoms with E-state index in [1.165, 1.54) is 43.3 Å². The molecule has 2 aromatic rings. The predicted octanol–water partition coefficient (Wildman–Crippen LogP) is 4.23. The Labute approximate surface area is 167 Å². The largest absolute Gasteiger partial charge is 0.489 e. The van der Waals surface area contributed by atoms with E-state index in [0.717, 1.165) is 4.31 Å². The van der Waals surface area contributed by atoms with E-state index in [4.69, 9.17) is 27.9 Å². The zero-order valence-corrected chi connectivity index (χ0v) is 16.6. The Bertz CT molecular complexity index is 962. The Balaban J connectivity index is 2.59. The number of anilines is 1. The molecule has 2 aromatic carbocycles. The fourth-order valence-electron chi connectivity index (χ4n) is 2.29. The Morgan fingerprint density at radius 3 is 2.56 bits per heavy atom. The van der Waals surface area contributed by atoms with Gasteiger partial charge in [-0.1, -0.05) is 41.9 Å². The van der Waals surface area contributed by atoms with Crippen LogP contribution in [-0.4, -0.2) is 32.1 Å². The van der Waals surface area contributed by atoms with Gasteiger partial charge in [0.2, 0.25) is 0 Å². The first kappa shape index (κ1) is 21.1. The van der Waals surface area contributed by atoms with E-state index in [9.17, 15) is 18.3 Å². The van der Waals surface area contributed by atoms with Crippen molar-refractivity contribution in [2.45, 2.75) is 17.9 Å². The molecule has 0 aliphatic rings. The maximum atomic E-state index is 13.2. The monoisotopic (exact) mass is 429 g/mol. The first-order valence-corrected chi connectivity index (χ1v) is 9.94. The number of rotatable bonds is 8. The normalized spacial score (nSPS) is 12.3. The summed E-state index contributed by atoms with van der Waals surface area (Å²) >= 11 is 11.8. The number of carbonyl (C=O) groups is 1. The lowest BCUT2D eigenvalue weighted by Gasteiger charge is -2.28. The maximum absolute atomic E-state index is 13.2. The van der Waals surface area contributed by atoms with Gasteiger partial charge in [-0.2, -0.15) is 0 Å². The minimum absolute atomic E-state index is 0.0451. The van der Waals surface area contributed by atoms with Crippen molar-refractivity contribution in [2.75, 3.05) is 10.9 Å². The highest BCUT2D eigenvalue weighted by molar-refractivity contribution is 7.93. The molecule has 0 bridgehead atoms. The van der Waals surface area contributed by atoms with E-state index in [-0.39, 0.29) is 27.2 Å². The minimum Gasteiger partial charge on any atom is -0.489 e. The van der Waals surface area contributed by atoms with E-state index in [0.29, 0.717) is 5.75 Å². The van der Waals surface area contributed by atoms with Gasteiger partial charge >= 0.3 is 5.97 Å². The summed E-state index contributed by atoms with van der Waals surface area (Å²) in [6.07, 6.45) is 1.54. The zero-order chi connectivity index (χ0) is 20.2. The van der Waals surface area contributed by atoms with Gasteiger partial charge in [-0.25, -0.2) is 13.2 Å². The third-order valence-electron chi connectivity index (χ3n) is 3.60. The number of sulfonamides is 1. The van der Waals surface area contributed by atoms with Gasteiger partial charge in [-0.3, -0.25) is 4.31 Å². The third-order valence-corrected chi connectivity index (χ3v) is 6.23. The molecule has 0 aromatic heterocycles. The minimum atomic E-state index is -4.24. The summed E-state index contributed by atoms with van der Waals surface area (Å²) in [6, 6.07) is 8.53. The van der Waals surface area contributed by atoms with E-state index >= 15 is 0 Å². The second-order valence-corrected chi connectivity index (χ2v) is 8.12. The molecule has 1 N–H and O–H groups in total. The first-order valence-electron chi connectivity index (χ1n) is 7.74. The van der Waals surface area contributed by atoms with Crippen LogP contribution in [0.4, 0.5) is 5.69 Å². The van der Waals surface area contributed by atoms with Gasteiger partial charge < -0.3 is 9.84 Å². The predicted molar refractivity (Wildman–Crippen MR) is 105 cm³/mol. The molecular weight excluding hydrogens is 413 g/mol. The number of carboxylic acids is 1. The van der Waals surface area contributed by atoms with E-state index < -0.39 is 22.0 Å². The van der Waals surface area contributed by atoms with Crippen molar-refractivity contribution in [3.8, 4) is 5.75 Å². The Morgan fingerprint density at radius 2 is 1.96 bits per heavy atom. The molecule has 0 saturated heterocycles. The van der Waals surface area contributed by atoms with Gasteiger partial charge in [-0.15, -0.1) is 0 Å². The second-order valence-electron chi connectivity index (χ2n) is 5.49. The summed E-state index contributed by atoms with van der Waals surface area (Å²) in [5.74, 6) is -0.935. The quantitative estimate of drug-likeness (QED) is 0.634. The number of hydrogen-bond donors (Lipinski definition) is 1. The fraction of sp³-hybridized carbons (Fsp3) is 0.167.